The summed E-state index contributed by atoms with van der Waals surface area (Å²) in [4.78, 5) is 16.1. The first-order chi connectivity index (χ1) is 11.9. The highest BCUT2D eigenvalue weighted by Gasteiger charge is 2.11. The number of carbonyl (C=O) groups excluding carboxylic acids is 1. The Morgan fingerprint density at radius 1 is 1.04 bits per heavy atom. The largest absolute Gasteiger partial charge is 0.378 e. The Bertz CT molecular complexity index is 717. The monoisotopic (exact) mass is 347 g/mol. The van der Waals surface area contributed by atoms with E-state index < -0.39 is 11.6 Å². The van der Waals surface area contributed by atoms with Crippen LogP contribution in [0.15, 0.2) is 42.5 Å². The zero-order valence-corrected chi connectivity index (χ0v) is 14.7. The maximum absolute atomic E-state index is 13.2. The Morgan fingerprint density at radius 2 is 1.72 bits per heavy atom. The highest BCUT2D eigenvalue weighted by atomic mass is 19.2. The van der Waals surface area contributed by atoms with E-state index in [1.54, 1.807) is 0 Å². The molecule has 0 bridgehead atoms. The third-order valence-electron chi connectivity index (χ3n) is 3.88. The number of hydrogen-bond acceptors (Lipinski definition) is 3. The average Bonchev–Trinajstić information content (AvgIpc) is 2.58. The van der Waals surface area contributed by atoms with E-state index in [9.17, 15) is 13.6 Å². The molecule has 0 spiro atoms. The molecule has 0 heterocycles. The zero-order valence-electron chi connectivity index (χ0n) is 14.7. The third kappa shape index (κ3) is 5.53. The summed E-state index contributed by atoms with van der Waals surface area (Å²) in [7, 11) is 3.96. The third-order valence-corrected chi connectivity index (χ3v) is 3.88. The van der Waals surface area contributed by atoms with Gasteiger partial charge in [0.1, 0.15) is 0 Å². The number of nitrogens with one attached hydrogen (secondary N) is 1. The van der Waals surface area contributed by atoms with Crippen LogP contribution in [0.1, 0.15) is 12.5 Å². The van der Waals surface area contributed by atoms with Gasteiger partial charge in [-0.15, -0.1) is 0 Å². The normalized spacial score (nSPS) is 10.8. The minimum absolute atomic E-state index is 0.172. The number of benzene rings is 2. The van der Waals surface area contributed by atoms with Crippen LogP contribution >= 0.6 is 0 Å². The first-order valence-electron chi connectivity index (χ1n) is 8.12. The minimum Gasteiger partial charge on any atom is -0.378 e. The van der Waals surface area contributed by atoms with Gasteiger partial charge in [0.05, 0.1) is 6.54 Å². The number of rotatable bonds is 7. The Balaban J connectivity index is 1.93. The van der Waals surface area contributed by atoms with Gasteiger partial charge in [-0.25, -0.2) is 8.78 Å². The second kappa shape index (κ2) is 8.58. The van der Waals surface area contributed by atoms with E-state index in [2.05, 4.69) is 5.32 Å². The topological polar surface area (TPSA) is 35.6 Å². The van der Waals surface area contributed by atoms with Crippen LogP contribution in [-0.4, -0.2) is 38.0 Å². The van der Waals surface area contributed by atoms with Gasteiger partial charge < -0.3 is 10.2 Å². The fraction of sp³-hybridized carbons (Fsp3) is 0.316. The Kier molecular flexibility index (Phi) is 6.47. The van der Waals surface area contributed by atoms with Crippen molar-refractivity contribution in [3.63, 3.8) is 0 Å². The smallest absolute Gasteiger partial charge is 0.238 e. The van der Waals surface area contributed by atoms with E-state index in [0.717, 1.165) is 23.4 Å². The van der Waals surface area contributed by atoms with Crippen molar-refractivity contribution in [3.8, 4) is 0 Å². The van der Waals surface area contributed by atoms with Crippen LogP contribution in [0.25, 0.3) is 0 Å². The Labute approximate surface area is 147 Å². The maximum Gasteiger partial charge on any atom is 0.238 e. The summed E-state index contributed by atoms with van der Waals surface area (Å²) in [5, 5.41) is 2.59. The zero-order chi connectivity index (χ0) is 18.4. The van der Waals surface area contributed by atoms with Crippen LogP contribution in [0.3, 0.4) is 0 Å². The second-order valence-electron chi connectivity index (χ2n) is 6.04. The quantitative estimate of drug-likeness (QED) is 0.833. The molecule has 2 rings (SSSR count). The van der Waals surface area contributed by atoms with Crippen LogP contribution in [0.4, 0.5) is 20.2 Å². The molecule has 1 N–H and O–H groups in total. The van der Waals surface area contributed by atoms with Gasteiger partial charge in [-0.3, -0.25) is 9.69 Å². The van der Waals surface area contributed by atoms with E-state index in [0.29, 0.717) is 13.1 Å². The molecule has 0 aliphatic carbocycles. The maximum atomic E-state index is 13.2. The van der Waals surface area contributed by atoms with Crippen molar-refractivity contribution in [2.24, 2.45) is 0 Å². The van der Waals surface area contributed by atoms with E-state index >= 15 is 0 Å². The number of hydrogen-bond donors (Lipinski definition) is 1. The molecule has 0 atom stereocenters. The fourth-order valence-corrected chi connectivity index (χ4v) is 2.41. The summed E-state index contributed by atoms with van der Waals surface area (Å²) in [6.45, 7) is 3.47. The lowest BCUT2D eigenvalue weighted by molar-refractivity contribution is -0.117. The molecule has 134 valence electrons. The van der Waals surface area contributed by atoms with Crippen LogP contribution in [-0.2, 0) is 11.3 Å². The van der Waals surface area contributed by atoms with Gasteiger partial charge in [0.25, 0.3) is 0 Å². The molecule has 2 aromatic rings. The van der Waals surface area contributed by atoms with Crippen molar-refractivity contribution in [2.75, 3.05) is 37.4 Å². The molecule has 6 heteroatoms. The van der Waals surface area contributed by atoms with Gasteiger partial charge >= 0.3 is 0 Å². The molecule has 0 aliphatic heterocycles. The molecule has 0 radical (unpaired) electrons. The predicted molar refractivity (Wildman–Crippen MR) is 96.7 cm³/mol. The molecule has 0 saturated carbocycles. The summed E-state index contributed by atoms with van der Waals surface area (Å²) >= 11 is 0. The number of likely N-dealkylation sites (N-methyl/N-ethyl adjacent to an activating group) is 1. The molecule has 4 nitrogen and oxygen atoms in total. The SMILES string of the molecule is CCN(CC(=O)Nc1ccc(F)c(F)c1)Cc1ccc(N(C)C)cc1. The summed E-state index contributed by atoms with van der Waals surface area (Å²) in [5.74, 6) is -2.18. The standard InChI is InChI=1S/C19H23F2N3O/c1-4-24(12-14-5-8-16(9-6-14)23(2)3)13-19(25)22-15-7-10-17(20)18(21)11-15/h5-11H,4,12-13H2,1-3H3,(H,22,25). The van der Waals surface area contributed by atoms with Gasteiger partial charge in [-0.05, 0) is 36.4 Å². The number of amides is 1. The highest BCUT2D eigenvalue weighted by Crippen LogP contribution is 2.15. The Morgan fingerprint density at radius 3 is 2.28 bits per heavy atom. The van der Waals surface area contributed by atoms with Gasteiger partial charge in [-0.2, -0.15) is 0 Å². The van der Waals surface area contributed by atoms with Crippen LogP contribution in [0.5, 0.6) is 0 Å². The molecular weight excluding hydrogens is 324 g/mol. The highest BCUT2D eigenvalue weighted by molar-refractivity contribution is 5.92. The van der Waals surface area contributed by atoms with Crippen molar-refractivity contribution in [3.05, 3.63) is 59.7 Å². The van der Waals surface area contributed by atoms with Crippen LogP contribution < -0.4 is 10.2 Å². The van der Waals surface area contributed by atoms with Crippen LogP contribution in [0, 0.1) is 11.6 Å². The lowest BCUT2D eigenvalue weighted by Crippen LogP contribution is -2.32. The predicted octanol–water partition coefficient (Wildman–Crippen LogP) is 3.49. The first kappa shape index (κ1) is 18.9. The van der Waals surface area contributed by atoms with Crippen molar-refractivity contribution >= 4 is 17.3 Å². The molecule has 2 aromatic carbocycles. The van der Waals surface area contributed by atoms with E-state index in [1.807, 2.05) is 55.1 Å². The van der Waals surface area contributed by atoms with Crippen molar-refractivity contribution in [1.82, 2.24) is 4.90 Å². The molecular formula is C19H23F2N3O. The average molecular weight is 347 g/mol. The minimum atomic E-state index is -0.980. The lowest BCUT2D eigenvalue weighted by atomic mass is 10.2. The van der Waals surface area contributed by atoms with Gasteiger partial charge in [0.15, 0.2) is 11.6 Å². The lowest BCUT2D eigenvalue weighted by Gasteiger charge is -2.20. The van der Waals surface area contributed by atoms with Crippen molar-refractivity contribution < 1.29 is 13.6 Å². The molecule has 25 heavy (non-hydrogen) atoms. The van der Waals surface area contributed by atoms with Crippen molar-refractivity contribution in [1.29, 1.82) is 0 Å². The second-order valence-corrected chi connectivity index (χ2v) is 6.04. The van der Waals surface area contributed by atoms with Gasteiger partial charge in [0, 0.05) is 38.1 Å². The summed E-state index contributed by atoms with van der Waals surface area (Å²) in [6, 6.07) is 11.4. The number of halogens is 2. The van der Waals surface area contributed by atoms with Crippen LogP contribution in [0.2, 0.25) is 0 Å². The summed E-state index contributed by atoms with van der Waals surface area (Å²) in [6.07, 6.45) is 0. The van der Waals surface area contributed by atoms with E-state index in [1.165, 1.54) is 6.07 Å². The molecule has 0 aromatic heterocycles. The number of anilines is 2. The first-order valence-corrected chi connectivity index (χ1v) is 8.12. The molecule has 0 aliphatic rings. The Hall–Kier alpha value is -2.47. The van der Waals surface area contributed by atoms with E-state index in [4.69, 9.17) is 0 Å². The van der Waals surface area contributed by atoms with Gasteiger partial charge in [-0.1, -0.05) is 19.1 Å². The molecule has 0 unspecified atom stereocenters. The molecule has 0 fully saturated rings. The van der Waals surface area contributed by atoms with E-state index in [-0.39, 0.29) is 18.1 Å². The molecule has 0 saturated heterocycles. The number of carbonyl (C=O) groups is 1. The fourth-order valence-electron chi connectivity index (χ4n) is 2.41. The summed E-state index contributed by atoms with van der Waals surface area (Å²) < 4.78 is 26.1. The van der Waals surface area contributed by atoms with Gasteiger partial charge in [0.2, 0.25) is 5.91 Å². The summed E-state index contributed by atoms with van der Waals surface area (Å²) in [5.41, 5.74) is 2.46. The molecule has 1 amide bonds. The van der Waals surface area contributed by atoms with Crippen molar-refractivity contribution in [2.45, 2.75) is 13.5 Å². The number of nitrogens with zero attached hydrogens (tertiary/aromatic N) is 2.